The lowest BCUT2D eigenvalue weighted by Gasteiger charge is -2.30. The van der Waals surface area contributed by atoms with Gasteiger partial charge in [0.2, 0.25) is 29.2 Å². The van der Waals surface area contributed by atoms with E-state index in [9.17, 15) is 33.9 Å². The summed E-state index contributed by atoms with van der Waals surface area (Å²) in [4.78, 5) is 86.8. The van der Waals surface area contributed by atoms with Crippen molar-refractivity contribution in [2.75, 3.05) is 26.2 Å². The lowest BCUT2D eigenvalue weighted by atomic mass is 10.0. The van der Waals surface area contributed by atoms with Crippen LogP contribution in [0.4, 0.5) is 0 Å². The first-order chi connectivity index (χ1) is 24.1. The molecule has 5 N–H and O–H groups in total. The van der Waals surface area contributed by atoms with Crippen molar-refractivity contribution in [3.63, 3.8) is 0 Å². The smallest absolute Gasteiger partial charge is 0.255 e. The molecule has 0 bridgehead atoms. The van der Waals surface area contributed by atoms with Crippen molar-refractivity contribution >= 4 is 40.4 Å². The Morgan fingerprint density at radius 3 is 2.42 bits per heavy atom. The molecular formula is C36H39N7O7. The normalized spacial score (nSPS) is 22.3. The van der Waals surface area contributed by atoms with E-state index in [1.807, 2.05) is 54.6 Å². The summed E-state index contributed by atoms with van der Waals surface area (Å²) in [6, 6.07) is 15.9. The molecule has 14 heteroatoms. The lowest BCUT2D eigenvalue weighted by molar-refractivity contribution is -0.142. The monoisotopic (exact) mass is 681 g/mol. The minimum Gasteiger partial charge on any atom is -0.391 e. The maximum atomic E-state index is 14.3. The van der Waals surface area contributed by atoms with Crippen molar-refractivity contribution in [3.05, 3.63) is 106 Å². The molecule has 260 valence electrons. The Morgan fingerprint density at radius 1 is 0.880 bits per heavy atom. The van der Waals surface area contributed by atoms with Crippen LogP contribution in [-0.2, 0) is 39.1 Å². The number of aromatic amines is 1. The molecule has 0 saturated carbocycles. The van der Waals surface area contributed by atoms with E-state index < -0.39 is 60.3 Å². The van der Waals surface area contributed by atoms with Crippen molar-refractivity contribution in [3.8, 4) is 0 Å². The van der Waals surface area contributed by atoms with E-state index in [1.165, 1.54) is 39.7 Å². The van der Waals surface area contributed by atoms with Gasteiger partial charge in [-0.05, 0) is 23.3 Å². The molecule has 2 fully saturated rings. The number of aliphatic hydroxyl groups is 1. The van der Waals surface area contributed by atoms with Crippen LogP contribution in [0.2, 0.25) is 0 Å². The number of pyridine rings is 1. The van der Waals surface area contributed by atoms with E-state index in [-0.39, 0.29) is 50.0 Å². The van der Waals surface area contributed by atoms with Crippen molar-refractivity contribution < 1.29 is 29.1 Å². The van der Waals surface area contributed by atoms with Crippen LogP contribution in [0.25, 0.3) is 10.9 Å². The van der Waals surface area contributed by atoms with Gasteiger partial charge in [0.05, 0.1) is 18.2 Å². The number of rotatable bonds is 5. The van der Waals surface area contributed by atoms with E-state index in [4.69, 9.17) is 0 Å². The third-order valence-corrected chi connectivity index (χ3v) is 9.15. The number of amides is 5. The summed E-state index contributed by atoms with van der Waals surface area (Å²) in [5.74, 6) is -2.93. The Kier molecular flexibility index (Phi) is 10.1. The van der Waals surface area contributed by atoms with Gasteiger partial charge >= 0.3 is 0 Å². The molecule has 0 aliphatic carbocycles. The van der Waals surface area contributed by atoms with Crippen molar-refractivity contribution in [1.82, 2.24) is 35.3 Å². The number of fused-ring (bicyclic) bond motifs is 2. The predicted octanol–water partition coefficient (Wildman–Crippen LogP) is -0.145. The van der Waals surface area contributed by atoms with Crippen LogP contribution < -0.4 is 21.5 Å². The average molecular weight is 682 g/mol. The Bertz CT molecular complexity index is 1970. The van der Waals surface area contributed by atoms with Crippen LogP contribution in [0, 0.1) is 0 Å². The number of benzene rings is 2. The number of aromatic nitrogens is 2. The molecule has 2 aliphatic rings. The average Bonchev–Trinajstić information content (AvgIpc) is 3.71. The minimum absolute atomic E-state index is 0.0488. The van der Waals surface area contributed by atoms with Gasteiger partial charge < -0.3 is 40.4 Å². The largest absolute Gasteiger partial charge is 0.391 e. The summed E-state index contributed by atoms with van der Waals surface area (Å²) in [5, 5.41) is 19.9. The standard InChI is InChI=1S/C36H39N7O7/c1-41-19-23(11-12-32(41)46)35(49)42-14-13-37-33(47)28(15-22-7-3-2-4-8-22)40-34(48)30-17-25(44)20-43(30)36(50)29(39-31(45)21-42)16-24-18-38-27-10-6-5-9-26(24)27/h2-12,18-19,25,28-30,38,44H,13-17,20-21H2,1H3,(H,37,47)(H,39,45)(H,40,48)/t25-,28+,29-,30+/m1/s1. The molecule has 2 aromatic carbocycles. The fourth-order valence-corrected chi connectivity index (χ4v) is 6.56. The van der Waals surface area contributed by atoms with Gasteiger partial charge in [-0.15, -0.1) is 0 Å². The highest BCUT2D eigenvalue weighted by Gasteiger charge is 2.43. The summed E-state index contributed by atoms with van der Waals surface area (Å²) in [6.45, 7) is -0.762. The number of nitrogens with zero attached hydrogens (tertiary/aromatic N) is 3. The van der Waals surface area contributed by atoms with E-state index >= 15 is 0 Å². The van der Waals surface area contributed by atoms with Crippen LogP contribution >= 0.6 is 0 Å². The lowest BCUT2D eigenvalue weighted by Crippen LogP contribution is -2.57. The first-order valence-corrected chi connectivity index (χ1v) is 16.5. The fraction of sp³-hybridized carbons (Fsp3) is 0.333. The quantitative estimate of drug-likeness (QED) is 0.194. The maximum Gasteiger partial charge on any atom is 0.255 e. The Balaban J connectivity index is 1.35. The summed E-state index contributed by atoms with van der Waals surface area (Å²) >= 11 is 0. The van der Waals surface area contributed by atoms with Crippen LogP contribution in [0.15, 0.2) is 83.9 Å². The zero-order valence-corrected chi connectivity index (χ0v) is 27.5. The molecule has 0 radical (unpaired) electrons. The van der Waals surface area contributed by atoms with Gasteiger partial charge in [0.15, 0.2) is 0 Å². The minimum atomic E-state index is -1.16. The van der Waals surface area contributed by atoms with Crippen LogP contribution in [-0.4, -0.2) is 104 Å². The number of nitrogens with one attached hydrogen (secondary N) is 4. The number of hydrogen-bond acceptors (Lipinski definition) is 7. The fourth-order valence-electron chi connectivity index (χ4n) is 6.56. The van der Waals surface area contributed by atoms with Gasteiger partial charge in [0, 0.05) is 75.3 Å². The second-order valence-electron chi connectivity index (χ2n) is 12.7. The van der Waals surface area contributed by atoms with Crippen molar-refractivity contribution in [2.24, 2.45) is 7.05 Å². The zero-order valence-electron chi connectivity index (χ0n) is 27.5. The van der Waals surface area contributed by atoms with E-state index in [2.05, 4.69) is 20.9 Å². The number of carbonyl (C=O) groups excluding carboxylic acids is 5. The van der Waals surface area contributed by atoms with Gasteiger partial charge in [0.1, 0.15) is 18.1 Å². The third kappa shape index (κ3) is 7.60. The van der Waals surface area contributed by atoms with Crippen LogP contribution in [0.5, 0.6) is 0 Å². The summed E-state index contributed by atoms with van der Waals surface area (Å²) < 4.78 is 1.25. The van der Waals surface area contributed by atoms with E-state index in [1.54, 1.807) is 6.20 Å². The summed E-state index contributed by atoms with van der Waals surface area (Å²) in [6.07, 6.45) is 2.27. The first-order valence-electron chi connectivity index (χ1n) is 16.5. The molecule has 2 aromatic heterocycles. The number of aliphatic hydroxyl groups excluding tert-OH is 1. The Hall–Kier alpha value is -5.76. The number of hydrogen-bond donors (Lipinski definition) is 5. The number of H-pyrrole nitrogens is 1. The second-order valence-corrected chi connectivity index (χ2v) is 12.7. The Labute approximate surface area is 287 Å². The zero-order chi connectivity index (χ0) is 35.4. The molecule has 6 rings (SSSR count). The molecule has 2 aliphatic heterocycles. The van der Waals surface area contributed by atoms with Crippen LogP contribution in [0.3, 0.4) is 0 Å². The van der Waals surface area contributed by atoms with Crippen molar-refractivity contribution in [1.29, 1.82) is 0 Å². The molecule has 5 amide bonds. The molecule has 4 aromatic rings. The molecule has 0 spiro atoms. The number of para-hydroxylation sites is 1. The summed E-state index contributed by atoms with van der Waals surface area (Å²) in [7, 11) is 1.50. The first kappa shape index (κ1) is 34.1. The van der Waals surface area contributed by atoms with Gasteiger partial charge in [0.25, 0.3) is 5.91 Å². The molecular weight excluding hydrogens is 642 g/mol. The molecule has 2 saturated heterocycles. The highest BCUT2D eigenvalue weighted by Crippen LogP contribution is 2.24. The van der Waals surface area contributed by atoms with E-state index in [0.29, 0.717) is 0 Å². The third-order valence-electron chi connectivity index (χ3n) is 9.15. The molecule has 50 heavy (non-hydrogen) atoms. The molecule has 4 heterocycles. The highest BCUT2D eigenvalue weighted by molar-refractivity contribution is 5.98. The second kappa shape index (κ2) is 14.8. The highest BCUT2D eigenvalue weighted by atomic mass is 16.3. The number of aryl methyl sites for hydroxylation is 1. The SMILES string of the molecule is Cn1cc(C(=O)N2CCNC(=O)[C@H](Cc3ccccc3)NC(=O)[C@@H]3C[C@@H](O)CN3C(=O)[C@@H](Cc3c[nH]c4ccccc34)NC(=O)C2)ccc1=O. The molecule has 4 atom stereocenters. The topological polar surface area (TPSA) is 186 Å². The maximum absolute atomic E-state index is 14.3. The van der Waals surface area contributed by atoms with Crippen molar-refractivity contribution in [2.45, 2.75) is 43.5 Å². The number of carbonyl (C=O) groups is 5. The van der Waals surface area contributed by atoms with Crippen LogP contribution in [0.1, 0.15) is 27.9 Å². The van der Waals surface area contributed by atoms with Gasteiger partial charge in [-0.3, -0.25) is 28.8 Å². The predicted molar refractivity (Wildman–Crippen MR) is 183 cm³/mol. The molecule has 14 nitrogen and oxygen atoms in total. The van der Waals surface area contributed by atoms with Gasteiger partial charge in [-0.2, -0.15) is 0 Å². The molecule has 0 unspecified atom stereocenters. The summed E-state index contributed by atoms with van der Waals surface area (Å²) in [5.41, 5.74) is 2.19. The van der Waals surface area contributed by atoms with Gasteiger partial charge in [-0.25, -0.2) is 0 Å². The van der Waals surface area contributed by atoms with Gasteiger partial charge in [-0.1, -0.05) is 48.5 Å². The van der Waals surface area contributed by atoms with E-state index in [0.717, 1.165) is 22.0 Å². The Morgan fingerprint density at radius 2 is 1.64 bits per heavy atom.